The van der Waals surface area contributed by atoms with E-state index in [0.29, 0.717) is 11.9 Å². The van der Waals surface area contributed by atoms with Gasteiger partial charge in [0, 0.05) is 7.79 Å². The van der Waals surface area contributed by atoms with E-state index in [0.717, 1.165) is 0 Å². The molecule has 2 unspecified atom stereocenters. The van der Waals surface area contributed by atoms with E-state index < -0.39 is 43.6 Å². The van der Waals surface area contributed by atoms with E-state index in [1.165, 1.54) is 17.2 Å². The van der Waals surface area contributed by atoms with Gasteiger partial charge in [0.15, 0.2) is 30.0 Å². The normalized spacial score (nSPS) is 28.0. The summed E-state index contributed by atoms with van der Waals surface area (Å²) in [6, 6.07) is 0. The van der Waals surface area contributed by atoms with E-state index >= 15 is 0 Å². The number of rotatable bonds is 6. The van der Waals surface area contributed by atoms with Crippen molar-refractivity contribution in [1.82, 2.24) is 19.5 Å². The number of alkyl halides is 1. The number of carbonyl (C=O) groups is 1. The zero-order chi connectivity index (χ0) is 18.8. The van der Waals surface area contributed by atoms with E-state index in [9.17, 15) is 14.3 Å². The fourth-order valence-corrected chi connectivity index (χ4v) is 2.72. The Morgan fingerprint density at radius 2 is 2.36 bits per heavy atom. The molecular weight excluding hydrogens is 333 g/mol. The molecule has 0 aliphatic carbocycles. The van der Waals surface area contributed by atoms with Gasteiger partial charge in [-0.05, 0) is 6.40 Å². The van der Waals surface area contributed by atoms with Crippen molar-refractivity contribution >= 4 is 23.0 Å². The second-order valence-corrected chi connectivity index (χ2v) is 5.63. The Morgan fingerprint density at radius 1 is 1.56 bits per heavy atom. The summed E-state index contributed by atoms with van der Waals surface area (Å²) in [6.07, 6.45) is -3.05. The summed E-state index contributed by atoms with van der Waals surface area (Å²) in [5.41, 5.74) is 6.29. The average Bonchev–Trinajstić information content (AvgIpc) is 3.17. The molecule has 3 N–H and O–H groups in total. The number of aliphatic hydroxyl groups excluding tert-OH is 1. The minimum absolute atomic E-state index is 0.143. The van der Waals surface area contributed by atoms with Crippen molar-refractivity contribution in [3.8, 4) is 0 Å². The van der Waals surface area contributed by atoms with Gasteiger partial charge in [0.2, 0.25) is 0 Å². The summed E-state index contributed by atoms with van der Waals surface area (Å²) in [4.78, 5) is 23.8. The highest BCUT2D eigenvalue weighted by molar-refractivity contribution is 5.81. The van der Waals surface area contributed by atoms with Crippen LogP contribution in [0, 0.1) is 0 Å². The fraction of sp³-hybridized carbons (Fsp3) is 0.600. The highest BCUT2D eigenvalue weighted by Crippen LogP contribution is 2.35. The number of carbonyl (C=O) groups excluding carboxylic acids is 1. The van der Waals surface area contributed by atoms with Gasteiger partial charge in [-0.2, -0.15) is 0 Å². The molecule has 1 aliphatic heterocycles. The van der Waals surface area contributed by atoms with Gasteiger partial charge in [-0.25, -0.2) is 19.3 Å². The Bertz CT molecular complexity index is 790. The standard InChI is InChI=1S/C15H20FN5O4/c1-2-3-4-9(23)25-12-8(5-22)24-15(10(12)16)21-7-20-11-13(17)18-6-19-14(11)21/h6-8,10,12,15,22H,2-5H2,1H3,(H2,17,18,19)/t8-,10-,12-,15?/m1/s1/i3D/t3?,8-,10-,12-,15?. The van der Waals surface area contributed by atoms with Gasteiger partial charge in [0.25, 0.3) is 0 Å². The minimum atomic E-state index is -1.75. The summed E-state index contributed by atoms with van der Waals surface area (Å²) in [6.45, 7) is 1.24. The van der Waals surface area contributed by atoms with E-state index in [2.05, 4.69) is 15.0 Å². The van der Waals surface area contributed by atoms with Crippen LogP contribution in [0.2, 0.25) is 0 Å². The molecule has 0 saturated carbocycles. The van der Waals surface area contributed by atoms with E-state index in [4.69, 9.17) is 16.6 Å². The van der Waals surface area contributed by atoms with Gasteiger partial charge >= 0.3 is 5.97 Å². The van der Waals surface area contributed by atoms with Crippen LogP contribution in [-0.2, 0) is 14.3 Å². The number of nitrogen functional groups attached to an aromatic ring is 1. The van der Waals surface area contributed by atoms with Crippen LogP contribution in [0.25, 0.3) is 11.2 Å². The quantitative estimate of drug-likeness (QED) is 0.728. The van der Waals surface area contributed by atoms with Crippen LogP contribution < -0.4 is 5.73 Å². The molecule has 9 nitrogen and oxygen atoms in total. The van der Waals surface area contributed by atoms with E-state index in [-0.39, 0.29) is 17.9 Å². The molecule has 2 aromatic heterocycles. The molecule has 0 radical (unpaired) electrons. The van der Waals surface area contributed by atoms with Crippen molar-refractivity contribution in [3.05, 3.63) is 12.7 Å². The van der Waals surface area contributed by atoms with Gasteiger partial charge in [0.05, 0.1) is 12.9 Å². The Morgan fingerprint density at radius 3 is 3.08 bits per heavy atom. The first kappa shape index (κ1) is 16.2. The Hall–Kier alpha value is -2.33. The number of hydrogen-bond donors (Lipinski definition) is 2. The summed E-state index contributed by atoms with van der Waals surface area (Å²) in [5.74, 6) is -0.561. The smallest absolute Gasteiger partial charge is 0.306 e. The van der Waals surface area contributed by atoms with Crippen LogP contribution in [0.15, 0.2) is 12.7 Å². The molecule has 1 aliphatic rings. The maximum atomic E-state index is 15.0. The Kier molecular flexibility index (Phi) is 4.70. The number of imidazole rings is 1. The van der Waals surface area contributed by atoms with Gasteiger partial charge in [-0.1, -0.05) is 13.3 Å². The third-order valence-corrected chi connectivity index (χ3v) is 3.98. The monoisotopic (exact) mass is 354 g/mol. The van der Waals surface area contributed by atoms with Gasteiger partial charge in [-0.15, -0.1) is 0 Å². The largest absolute Gasteiger partial charge is 0.456 e. The van der Waals surface area contributed by atoms with E-state index in [1.807, 2.05) is 0 Å². The number of hydrogen-bond acceptors (Lipinski definition) is 8. The van der Waals surface area contributed by atoms with Crippen molar-refractivity contribution in [3.63, 3.8) is 0 Å². The van der Waals surface area contributed by atoms with Crippen molar-refractivity contribution in [2.75, 3.05) is 12.3 Å². The minimum Gasteiger partial charge on any atom is -0.456 e. The molecule has 136 valence electrons. The lowest BCUT2D eigenvalue weighted by molar-refractivity contribution is -0.155. The molecule has 25 heavy (non-hydrogen) atoms. The number of halogens is 1. The van der Waals surface area contributed by atoms with Crippen LogP contribution in [0.3, 0.4) is 0 Å². The van der Waals surface area contributed by atoms with Crippen LogP contribution in [-0.4, -0.2) is 55.6 Å². The molecule has 0 spiro atoms. The topological polar surface area (TPSA) is 125 Å². The number of aliphatic hydroxyl groups is 1. The van der Waals surface area contributed by atoms with Crippen LogP contribution in [0.1, 0.15) is 33.8 Å². The lowest BCUT2D eigenvalue weighted by Gasteiger charge is -2.18. The van der Waals surface area contributed by atoms with Crippen LogP contribution >= 0.6 is 0 Å². The summed E-state index contributed by atoms with van der Waals surface area (Å²) < 4.78 is 34.6. The zero-order valence-electron chi connectivity index (χ0n) is 14.6. The highest BCUT2D eigenvalue weighted by atomic mass is 19.1. The number of anilines is 1. The number of ether oxygens (including phenoxy) is 2. The number of esters is 1. The molecule has 3 heterocycles. The summed E-state index contributed by atoms with van der Waals surface area (Å²) >= 11 is 0. The summed E-state index contributed by atoms with van der Waals surface area (Å²) in [5, 5.41) is 9.48. The SMILES string of the molecule is [2H]C(CC)CC(=O)O[C@@H]1[C@@H](CO)OC(n2cnc3c(N)ncnc32)[C@@H]1F. The first-order chi connectivity index (χ1) is 12.5. The maximum Gasteiger partial charge on any atom is 0.306 e. The van der Waals surface area contributed by atoms with E-state index in [1.54, 1.807) is 6.92 Å². The maximum absolute atomic E-state index is 15.0. The molecule has 0 aromatic carbocycles. The number of aromatic nitrogens is 4. The molecule has 2 aromatic rings. The Labute approximate surface area is 144 Å². The molecule has 0 bridgehead atoms. The fourth-order valence-electron chi connectivity index (χ4n) is 2.72. The first-order valence-corrected chi connectivity index (χ1v) is 7.91. The average molecular weight is 354 g/mol. The second-order valence-electron chi connectivity index (χ2n) is 5.63. The third kappa shape index (κ3) is 3.27. The van der Waals surface area contributed by atoms with Crippen molar-refractivity contribution in [1.29, 1.82) is 0 Å². The van der Waals surface area contributed by atoms with Gasteiger partial charge < -0.3 is 20.3 Å². The lowest BCUT2D eigenvalue weighted by Crippen LogP contribution is -2.35. The predicted octanol–water partition coefficient (Wildman–Crippen LogP) is 0.738. The predicted molar refractivity (Wildman–Crippen MR) is 85.0 cm³/mol. The highest BCUT2D eigenvalue weighted by Gasteiger charge is 2.48. The first-order valence-electron chi connectivity index (χ1n) is 8.49. The Balaban J connectivity index is 1.82. The van der Waals surface area contributed by atoms with Crippen LogP contribution in [0.5, 0.6) is 0 Å². The van der Waals surface area contributed by atoms with Crippen molar-refractivity contribution < 1.29 is 25.1 Å². The number of fused-ring (bicyclic) bond motifs is 1. The molecule has 0 amide bonds. The third-order valence-electron chi connectivity index (χ3n) is 3.98. The molecule has 3 rings (SSSR count). The molecule has 10 heteroatoms. The molecular formula is C15H20FN5O4. The summed E-state index contributed by atoms with van der Waals surface area (Å²) in [7, 11) is 0. The number of nitrogens with two attached hydrogens (primary N) is 1. The lowest BCUT2D eigenvalue weighted by atomic mass is 10.1. The molecule has 1 saturated heterocycles. The second kappa shape index (κ2) is 7.28. The van der Waals surface area contributed by atoms with Crippen molar-refractivity contribution in [2.24, 2.45) is 0 Å². The molecule has 5 atom stereocenters. The van der Waals surface area contributed by atoms with Gasteiger partial charge in [-0.3, -0.25) is 9.36 Å². The number of nitrogens with zero attached hydrogens (tertiary/aromatic N) is 4. The van der Waals surface area contributed by atoms with Crippen LogP contribution in [0.4, 0.5) is 10.2 Å². The van der Waals surface area contributed by atoms with Crippen molar-refractivity contribution in [2.45, 2.75) is 50.8 Å². The molecule has 1 fully saturated rings. The zero-order valence-corrected chi connectivity index (χ0v) is 13.6. The van der Waals surface area contributed by atoms with Gasteiger partial charge in [0.1, 0.15) is 17.9 Å².